The number of hydrogen-bond acceptors (Lipinski definition) is 6. The lowest BCUT2D eigenvalue weighted by Gasteiger charge is -2.33. The second-order valence-corrected chi connectivity index (χ2v) is 9.43. The van der Waals surface area contributed by atoms with Crippen molar-refractivity contribution in [2.24, 2.45) is 11.7 Å². The Morgan fingerprint density at radius 3 is 2.41 bits per heavy atom. The average Bonchev–Trinajstić information content (AvgIpc) is 2.83. The van der Waals surface area contributed by atoms with Gasteiger partial charge in [0.2, 0.25) is 17.7 Å². The van der Waals surface area contributed by atoms with Crippen molar-refractivity contribution in [2.45, 2.75) is 32.6 Å². The van der Waals surface area contributed by atoms with Crippen molar-refractivity contribution in [1.82, 2.24) is 14.8 Å². The fourth-order valence-corrected chi connectivity index (χ4v) is 4.67. The Morgan fingerprint density at radius 1 is 1.03 bits per heavy atom. The van der Waals surface area contributed by atoms with Gasteiger partial charge in [-0.15, -0.1) is 0 Å². The third-order valence-corrected chi connectivity index (χ3v) is 6.93. The molecular weight excluding hydrogens is 432 g/mol. The molecule has 2 aliphatic heterocycles. The highest BCUT2D eigenvalue weighted by atomic mass is 16.2. The normalized spacial score (nSPS) is 17.7. The Balaban J connectivity index is 1.32. The van der Waals surface area contributed by atoms with Gasteiger partial charge in [0.15, 0.2) is 0 Å². The van der Waals surface area contributed by atoms with Gasteiger partial charge < -0.3 is 25.8 Å². The first-order valence-corrected chi connectivity index (χ1v) is 12.0. The van der Waals surface area contributed by atoms with Crippen LogP contribution in [0.25, 0.3) is 10.9 Å². The van der Waals surface area contributed by atoms with Gasteiger partial charge >= 0.3 is 0 Å². The van der Waals surface area contributed by atoms with Crippen LogP contribution in [-0.4, -0.2) is 78.8 Å². The van der Waals surface area contributed by atoms with Crippen LogP contribution >= 0.6 is 0 Å². The predicted molar refractivity (Wildman–Crippen MR) is 133 cm³/mol. The maximum atomic E-state index is 12.5. The van der Waals surface area contributed by atoms with Crippen molar-refractivity contribution >= 4 is 40.1 Å². The first-order valence-electron chi connectivity index (χ1n) is 12.0. The number of aryl methyl sites for hydroxylation is 1. The van der Waals surface area contributed by atoms with Gasteiger partial charge in [-0.25, -0.2) is 4.98 Å². The minimum Gasteiger partial charge on any atom is -0.369 e. The van der Waals surface area contributed by atoms with Crippen LogP contribution in [0, 0.1) is 12.8 Å². The zero-order valence-corrected chi connectivity index (χ0v) is 20.0. The highest BCUT2D eigenvalue weighted by Gasteiger charge is 2.26. The average molecular weight is 467 g/mol. The van der Waals surface area contributed by atoms with Crippen LogP contribution in [-0.2, 0) is 14.4 Å². The standard InChI is InChI=1S/C25H34N6O3/c1-17-15-22(30-13-11-29(2)12-14-30)28-21-4-3-19(16-20(17)21)27-23(32)5-6-24(33)31-9-7-18(8-10-31)25(26)34/h3-4,15-16,18H,5-14H2,1-2H3,(H2,26,34)(H,27,32). The van der Waals surface area contributed by atoms with Gasteiger partial charge in [0.1, 0.15) is 5.82 Å². The van der Waals surface area contributed by atoms with Crippen LogP contribution in [0.1, 0.15) is 31.2 Å². The molecule has 0 unspecified atom stereocenters. The van der Waals surface area contributed by atoms with Crippen LogP contribution < -0.4 is 16.0 Å². The molecule has 0 radical (unpaired) electrons. The van der Waals surface area contributed by atoms with Crippen molar-refractivity contribution in [1.29, 1.82) is 0 Å². The van der Waals surface area contributed by atoms with Gasteiger partial charge in [0.25, 0.3) is 0 Å². The number of rotatable bonds is 6. The molecule has 1 aromatic heterocycles. The largest absolute Gasteiger partial charge is 0.369 e. The lowest BCUT2D eigenvalue weighted by atomic mass is 9.96. The van der Waals surface area contributed by atoms with E-state index in [9.17, 15) is 14.4 Å². The number of likely N-dealkylation sites (N-methyl/N-ethyl adjacent to an activating group) is 1. The number of primary amides is 1. The number of aromatic nitrogens is 1. The third-order valence-electron chi connectivity index (χ3n) is 6.93. The zero-order valence-electron chi connectivity index (χ0n) is 20.0. The van der Waals surface area contributed by atoms with Gasteiger partial charge in [-0.2, -0.15) is 0 Å². The first kappa shape index (κ1) is 23.9. The smallest absolute Gasteiger partial charge is 0.224 e. The third kappa shape index (κ3) is 5.64. The number of fused-ring (bicyclic) bond motifs is 1. The quantitative estimate of drug-likeness (QED) is 0.671. The molecule has 0 aliphatic carbocycles. The number of carbonyl (C=O) groups excluding carboxylic acids is 3. The van der Waals surface area contributed by atoms with Gasteiger partial charge in [-0.3, -0.25) is 14.4 Å². The number of piperidine rings is 1. The summed E-state index contributed by atoms with van der Waals surface area (Å²) in [6.45, 7) is 7.07. The maximum absolute atomic E-state index is 12.5. The monoisotopic (exact) mass is 466 g/mol. The van der Waals surface area contributed by atoms with Crippen molar-refractivity contribution in [2.75, 3.05) is 56.5 Å². The molecule has 0 bridgehead atoms. The molecule has 2 saturated heterocycles. The molecule has 0 atom stereocenters. The summed E-state index contributed by atoms with van der Waals surface area (Å²) in [5.74, 6) is 0.277. The summed E-state index contributed by atoms with van der Waals surface area (Å²) >= 11 is 0. The number of anilines is 2. The zero-order chi connectivity index (χ0) is 24.2. The second-order valence-electron chi connectivity index (χ2n) is 9.43. The Labute approximate surface area is 200 Å². The summed E-state index contributed by atoms with van der Waals surface area (Å²) in [5.41, 5.74) is 8.07. The molecule has 3 N–H and O–H groups in total. The van der Waals surface area contributed by atoms with Crippen LogP contribution in [0.2, 0.25) is 0 Å². The number of nitrogens with zero attached hydrogens (tertiary/aromatic N) is 4. The molecule has 182 valence electrons. The van der Waals surface area contributed by atoms with Crippen molar-refractivity contribution in [3.8, 4) is 0 Å². The Morgan fingerprint density at radius 2 is 1.74 bits per heavy atom. The molecule has 3 heterocycles. The molecule has 4 rings (SSSR count). The molecule has 9 heteroatoms. The summed E-state index contributed by atoms with van der Waals surface area (Å²) in [5, 5.41) is 3.91. The predicted octanol–water partition coefficient (Wildman–Crippen LogP) is 1.74. The fraction of sp³-hybridized carbons (Fsp3) is 0.520. The molecule has 3 amide bonds. The van der Waals surface area contributed by atoms with E-state index in [0.717, 1.165) is 48.5 Å². The Hall–Kier alpha value is -3.20. The van der Waals surface area contributed by atoms with Gasteiger partial charge in [0.05, 0.1) is 5.52 Å². The Bertz CT molecular complexity index is 1070. The number of hydrogen-bond donors (Lipinski definition) is 2. The van der Waals surface area contributed by atoms with E-state index in [2.05, 4.69) is 35.2 Å². The minimum absolute atomic E-state index is 0.0620. The maximum Gasteiger partial charge on any atom is 0.224 e. The van der Waals surface area contributed by atoms with Gasteiger partial charge in [-0.05, 0) is 56.6 Å². The van der Waals surface area contributed by atoms with E-state index in [1.807, 2.05) is 18.2 Å². The van der Waals surface area contributed by atoms with E-state index in [1.165, 1.54) is 0 Å². The topological polar surface area (TPSA) is 112 Å². The van der Waals surface area contributed by atoms with E-state index in [1.54, 1.807) is 4.90 Å². The van der Waals surface area contributed by atoms with E-state index in [4.69, 9.17) is 10.7 Å². The number of benzene rings is 1. The number of piperazine rings is 1. The molecule has 0 saturated carbocycles. The number of nitrogens with two attached hydrogens (primary N) is 1. The highest BCUT2D eigenvalue weighted by Crippen LogP contribution is 2.26. The summed E-state index contributed by atoms with van der Waals surface area (Å²) in [6.07, 6.45) is 1.45. The second kappa shape index (κ2) is 10.4. The molecule has 34 heavy (non-hydrogen) atoms. The van der Waals surface area contributed by atoms with Crippen molar-refractivity contribution in [3.63, 3.8) is 0 Å². The Kier molecular flexibility index (Phi) is 7.31. The minimum atomic E-state index is -0.303. The summed E-state index contributed by atoms with van der Waals surface area (Å²) in [7, 11) is 2.14. The fourth-order valence-electron chi connectivity index (χ4n) is 4.67. The summed E-state index contributed by atoms with van der Waals surface area (Å²) in [6, 6.07) is 7.85. The number of amides is 3. The summed E-state index contributed by atoms with van der Waals surface area (Å²) < 4.78 is 0. The van der Waals surface area contributed by atoms with Crippen molar-refractivity contribution in [3.05, 3.63) is 29.8 Å². The molecule has 2 aliphatic rings. The number of carbonyl (C=O) groups is 3. The molecule has 2 aromatic rings. The summed E-state index contributed by atoms with van der Waals surface area (Å²) in [4.78, 5) is 47.4. The van der Waals surface area contributed by atoms with Crippen LogP contribution in [0.3, 0.4) is 0 Å². The van der Waals surface area contributed by atoms with Crippen molar-refractivity contribution < 1.29 is 14.4 Å². The number of nitrogens with one attached hydrogen (secondary N) is 1. The van der Waals surface area contributed by atoms with Crippen LogP contribution in [0.15, 0.2) is 24.3 Å². The van der Waals surface area contributed by atoms with E-state index < -0.39 is 0 Å². The molecule has 9 nitrogen and oxygen atoms in total. The lowest BCUT2D eigenvalue weighted by Crippen LogP contribution is -2.44. The van der Waals surface area contributed by atoms with Gasteiger partial charge in [0, 0.05) is 69.1 Å². The highest BCUT2D eigenvalue weighted by molar-refractivity contribution is 5.96. The molecule has 1 aromatic carbocycles. The van der Waals surface area contributed by atoms with Crippen LogP contribution in [0.4, 0.5) is 11.5 Å². The molecular formula is C25H34N6O3. The number of likely N-dealkylation sites (tertiary alicyclic amines) is 1. The SMILES string of the molecule is Cc1cc(N2CCN(C)CC2)nc2ccc(NC(=O)CCC(=O)N3CCC(C(N)=O)CC3)cc12. The van der Waals surface area contributed by atoms with Crippen LogP contribution in [0.5, 0.6) is 0 Å². The lowest BCUT2D eigenvalue weighted by molar-refractivity contribution is -0.135. The van der Waals surface area contributed by atoms with E-state index in [-0.39, 0.29) is 36.5 Å². The first-order chi connectivity index (χ1) is 16.3. The molecule has 0 spiro atoms. The van der Waals surface area contributed by atoms with E-state index in [0.29, 0.717) is 31.6 Å². The van der Waals surface area contributed by atoms with E-state index >= 15 is 0 Å². The van der Waals surface area contributed by atoms with Gasteiger partial charge in [-0.1, -0.05) is 0 Å². The number of pyridine rings is 1. The molecule has 2 fully saturated rings.